The third-order valence-corrected chi connectivity index (χ3v) is 4.04. The van der Waals surface area contributed by atoms with Crippen LogP contribution in [0.5, 0.6) is 0 Å². The third-order valence-electron chi connectivity index (χ3n) is 4.04. The van der Waals surface area contributed by atoms with Crippen LogP contribution in [0.1, 0.15) is 29.8 Å². The number of rotatable bonds is 3. The average Bonchev–Trinajstić information content (AvgIpc) is 2.92. The minimum atomic E-state index is -0.395. The van der Waals surface area contributed by atoms with Crippen molar-refractivity contribution in [1.82, 2.24) is 15.1 Å². The van der Waals surface area contributed by atoms with Gasteiger partial charge in [-0.25, -0.2) is 0 Å². The number of carbonyl (C=O) groups excluding carboxylic acids is 1. The number of aryl methyl sites for hydroxylation is 1. The van der Waals surface area contributed by atoms with Gasteiger partial charge < -0.3 is 14.4 Å². The fourth-order valence-electron chi connectivity index (χ4n) is 3.27. The van der Waals surface area contributed by atoms with E-state index in [1.165, 1.54) is 0 Å². The first-order chi connectivity index (χ1) is 10.9. The fourth-order valence-corrected chi connectivity index (χ4v) is 3.27. The summed E-state index contributed by atoms with van der Waals surface area (Å²) in [7, 11) is 1.64. The van der Waals surface area contributed by atoms with E-state index >= 15 is 0 Å². The summed E-state index contributed by atoms with van der Waals surface area (Å²) in [4.78, 5) is 14.9. The van der Waals surface area contributed by atoms with Crippen LogP contribution in [-0.4, -0.2) is 59.5 Å². The Morgan fingerprint density at radius 1 is 1.52 bits per heavy atom. The number of ether oxygens (including phenoxy) is 2. The van der Waals surface area contributed by atoms with Gasteiger partial charge in [0.25, 0.3) is 5.91 Å². The van der Waals surface area contributed by atoms with Crippen molar-refractivity contribution in [2.45, 2.75) is 32.5 Å². The molecule has 23 heavy (non-hydrogen) atoms. The van der Waals surface area contributed by atoms with E-state index in [2.05, 4.69) is 10.2 Å². The maximum atomic E-state index is 13.1. The fraction of sp³-hybridized carbons (Fsp3) is 0.529. The summed E-state index contributed by atoms with van der Waals surface area (Å²) in [6.45, 7) is 7.53. The van der Waals surface area contributed by atoms with Gasteiger partial charge in [-0.05, 0) is 38.5 Å². The van der Waals surface area contributed by atoms with Gasteiger partial charge in [0.1, 0.15) is 0 Å². The Morgan fingerprint density at radius 2 is 2.30 bits per heavy atom. The SMILES string of the molecule is COCC1CN(C(=O)c2cc(C)cc3cn[nH]c23)CC(C)(C)O1. The molecule has 1 atom stereocenters. The van der Waals surface area contributed by atoms with E-state index in [0.29, 0.717) is 25.3 Å². The zero-order chi connectivity index (χ0) is 16.6. The lowest BCUT2D eigenvalue weighted by atomic mass is 10.0. The molecular formula is C17H23N3O3. The van der Waals surface area contributed by atoms with Crippen LogP contribution in [0.15, 0.2) is 18.3 Å². The third kappa shape index (κ3) is 3.23. The highest BCUT2D eigenvalue weighted by atomic mass is 16.5. The molecule has 0 aliphatic carbocycles. The topological polar surface area (TPSA) is 67.5 Å². The number of benzene rings is 1. The molecule has 1 aliphatic rings. The first-order valence-corrected chi connectivity index (χ1v) is 7.79. The van der Waals surface area contributed by atoms with Gasteiger partial charge in [0.15, 0.2) is 0 Å². The number of morpholine rings is 1. The zero-order valence-electron chi connectivity index (χ0n) is 14.0. The molecule has 3 rings (SSSR count). The molecule has 1 aromatic carbocycles. The number of carbonyl (C=O) groups is 1. The van der Waals surface area contributed by atoms with Crippen LogP contribution < -0.4 is 0 Å². The minimum absolute atomic E-state index is 0.000396. The Hall–Kier alpha value is -1.92. The van der Waals surface area contributed by atoms with E-state index in [-0.39, 0.29) is 12.0 Å². The Balaban J connectivity index is 1.93. The largest absolute Gasteiger partial charge is 0.382 e. The molecule has 1 amide bonds. The van der Waals surface area contributed by atoms with Gasteiger partial charge in [0, 0.05) is 25.6 Å². The van der Waals surface area contributed by atoms with Gasteiger partial charge in [-0.15, -0.1) is 0 Å². The predicted molar refractivity (Wildman–Crippen MR) is 87.6 cm³/mol. The van der Waals surface area contributed by atoms with Crippen LogP contribution in [0.4, 0.5) is 0 Å². The molecule has 1 unspecified atom stereocenters. The lowest BCUT2D eigenvalue weighted by molar-refractivity contribution is -0.143. The van der Waals surface area contributed by atoms with E-state index in [1.54, 1.807) is 13.3 Å². The molecule has 0 spiro atoms. The maximum Gasteiger partial charge on any atom is 0.256 e. The molecule has 1 aliphatic heterocycles. The van der Waals surface area contributed by atoms with Crippen LogP contribution in [0.2, 0.25) is 0 Å². The molecule has 2 heterocycles. The summed E-state index contributed by atoms with van der Waals surface area (Å²) in [5, 5.41) is 7.96. The first-order valence-electron chi connectivity index (χ1n) is 7.79. The normalized spacial score (nSPS) is 20.9. The summed E-state index contributed by atoms with van der Waals surface area (Å²) in [6.07, 6.45) is 1.63. The zero-order valence-corrected chi connectivity index (χ0v) is 14.0. The Morgan fingerprint density at radius 3 is 3.04 bits per heavy atom. The van der Waals surface area contributed by atoms with Crippen molar-refractivity contribution >= 4 is 16.8 Å². The highest BCUT2D eigenvalue weighted by Crippen LogP contribution is 2.25. The number of methoxy groups -OCH3 is 1. The number of fused-ring (bicyclic) bond motifs is 1. The van der Waals surface area contributed by atoms with Crippen LogP contribution in [0, 0.1) is 6.92 Å². The van der Waals surface area contributed by atoms with Crippen LogP contribution in [0.3, 0.4) is 0 Å². The quantitative estimate of drug-likeness (QED) is 0.942. The second-order valence-corrected chi connectivity index (χ2v) is 6.79. The number of hydrogen-bond donors (Lipinski definition) is 1. The van der Waals surface area contributed by atoms with Crippen molar-refractivity contribution < 1.29 is 14.3 Å². The summed E-state index contributed by atoms with van der Waals surface area (Å²) < 4.78 is 11.2. The molecule has 1 aromatic heterocycles. The van der Waals surface area contributed by atoms with Crippen molar-refractivity contribution in [1.29, 1.82) is 0 Å². The lowest BCUT2D eigenvalue weighted by Gasteiger charge is -2.42. The molecule has 6 heteroatoms. The monoisotopic (exact) mass is 317 g/mol. The molecular weight excluding hydrogens is 294 g/mol. The second kappa shape index (κ2) is 5.94. The number of nitrogens with zero attached hydrogens (tertiary/aromatic N) is 2. The van der Waals surface area contributed by atoms with E-state index in [1.807, 2.05) is 37.8 Å². The van der Waals surface area contributed by atoms with Crippen LogP contribution >= 0.6 is 0 Å². The number of nitrogens with one attached hydrogen (secondary N) is 1. The summed E-state index contributed by atoms with van der Waals surface area (Å²) >= 11 is 0. The van der Waals surface area contributed by atoms with Gasteiger partial charge in [-0.2, -0.15) is 5.10 Å². The molecule has 1 fully saturated rings. The highest BCUT2D eigenvalue weighted by molar-refractivity contribution is 6.05. The Labute approximate surface area is 135 Å². The van der Waals surface area contributed by atoms with Crippen molar-refractivity contribution in [2.75, 3.05) is 26.8 Å². The van der Waals surface area contributed by atoms with Gasteiger partial charge in [0.05, 0.1) is 35.6 Å². The second-order valence-electron chi connectivity index (χ2n) is 6.79. The van der Waals surface area contributed by atoms with Gasteiger partial charge in [-0.3, -0.25) is 9.89 Å². The van der Waals surface area contributed by atoms with Gasteiger partial charge >= 0.3 is 0 Å². The van der Waals surface area contributed by atoms with Crippen molar-refractivity contribution in [3.63, 3.8) is 0 Å². The minimum Gasteiger partial charge on any atom is -0.382 e. The molecule has 0 radical (unpaired) electrons. The molecule has 0 bridgehead atoms. The standard InChI is InChI=1S/C17H23N3O3/c1-11-5-12-7-18-19-15(12)14(6-11)16(21)20-8-13(9-22-4)23-17(2,3)10-20/h5-7,13H,8-10H2,1-4H3,(H,18,19). The first kappa shape index (κ1) is 16.0. The van der Waals surface area contributed by atoms with E-state index < -0.39 is 5.60 Å². The molecule has 1 N–H and O–H groups in total. The number of amides is 1. The Kier molecular flexibility index (Phi) is 4.12. The number of aromatic nitrogens is 2. The van der Waals surface area contributed by atoms with Crippen molar-refractivity contribution in [3.05, 3.63) is 29.5 Å². The van der Waals surface area contributed by atoms with E-state index in [0.717, 1.165) is 16.5 Å². The van der Waals surface area contributed by atoms with Crippen LogP contribution in [-0.2, 0) is 9.47 Å². The number of hydrogen-bond acceptors (Lipinski definition) is 4. The summed E-state index contributed by atoms with van der Waals surface area (Å²) in [5.74, 6) is 0.000396. The predicted octanol–water partition coefficient (Wildman–Crippen LogP) is 2.14. The molecule has 1 saturated heterocycles. The van der Waals surface area contributed by atoms with Crippen LogP contribution in [0.25, 0.3) is 10.9 Å². The maximum absolute atomic E-state index is 13.1. The number of aromatic amines is 1. The van der Waals surface area contributed by atoms with E-state index in [9.17, 15) is 4.79 Å². The molecule has 6 nitrogen and oxygen atoms in total. The highest BCUT2D eigenvalue weighted by Gasteiger charge is 2.36. The summed E-state index contributed by atoms with van der Waals surface area (Å²) in [6, 6.07) is 3.93. The summed E-state index contributed by atoms with van der Waals surface area (Å²) in [5.41, 5.74) is 2.09. The van der Waals surface area contributed by atoms with Crippen molar-refractivity contribution in [3.8, 4) is 0 Å². The average molecular weight is 317 g/mol. The van der Waals surface area contributed by atoms with Gasteiger partial charge in [-0.1, -0.05) is 0 Å². The van der Waals surface area contributed by atoms with E-state index in [4.69, 9.17) is 9.47 Å². The Bertz CT molecular complexity index is 723. The van der Waals surface area contributed by atoms with Crippen molar-refractivity contribution in [2.24, 2.45) is 0 Å². The molecule has 2 aromatic rings. The molecule has 0 saturated carbocycles. The number of H-pyrrole nitrogens is 1. The lowest BCUT2D eigenvalue weighted by Crippen LogP contribution is -2.55. The smallest absolute Gasteiger partial charge is 0.256 e. The molecule has 124 valence electrons. The van der Waals surface area contributed by atoms with Gasteiger partial charge in [0.2, 0.25) is 0 Å².